The molecule has 0 fully saturated rings. The van der Waals surface area contributed by atoms with Crippen LogP contribution in [0.15, 0.2) is 54.9 Å². The van der Waals surface area contributed by atoms with E-state index in [1.54, 1.807) is 0 Å². The Kier molecular flexibility index (Phi) is 3.00. The predicted octanol–water partition coefficient (Wildman–Crippen LogP) is 4.00. The summed E-state index contributed by atoms with van der Waals surface area (Å²) in [5.41, 5.74) is 4.26. The molecule has 0 radical (unpaired) electrons. The summed E-state index contributed by atoms with van der Waals surface area (Å²) in [7, 11) is 0. The van der Waals surface area contributed by atoms with Crippen LogP contribution in [0.4, 0.5) is 0 Å². The van der Waals surface area contributed by atoms with E-state index in [0.29, 0.717) is 6.61 Å². The second-order valence-corrected chi connectivity index (χ2v) is 5.39. The first-order valence-electron chi connectivity index (χ1n) is 7.20. The summed E-state index contributed by atoms with van der Waals surface area (Å²) in [5.74, 6) is 0.889. The normalized spacial score (nSPS) is 11.1. The maximum Gasteiger partial charge on any atom is 0.123 e. The van der Waals surface area contributed by atoms with E-state index >= 15 is 0 Å². The third-order valence-electron chi connectivity index (χ3n) is 3.80. The van der Waals surface area contributed by atoms with Crippen molar-refractivity contribution < 1.29 is 4.74 Å². The van der Waals surface area contributed by atoms with Crippen LogP contribution >= 0.6 is 0 Å². The Bertz CT molecular complexity index is 959. The number of nitrogens with zero attached hydrogens (tertiary/aromatic N) is 2. The summed E-state index contributed by atoms with van der Waals surface area (Å²) in [6, 6.07) is 14.3. The van der Waals surface area contributed by atoms with E-state index in [0.717, 1.165) is 38.7 Å². The van der Waals surface area contributed by atoms with Gasteiger partial charge in [-0.25, -0.2) is 0 Å². The van der Waals surface area contributed by atoms with Crippen LogP contribution in [0.2, 0.25) is 0 Å². The van der Waals surface area contributed by atoms with Crippen LogP contribution < -0.4 is 4.74 Å². The highest BCUT2D eigenvalue weighted by Crippen LogP contribution is 2.25. The van der Waals surface area contributed by atoms with Gasteiger partial charge < -0.3 is 4.74 Å². The van der Waals surface area contributed by atoms with E-state index in [1.165, 1.54) is 0 Å². The van der Waals surface area contributed by atoms with Gasteiger partial charge >= 0.3 is 0 Å². The van der Waals surface area contributed by atoms with Crippen molar-refractivity contribution in [3.63, 3.8) is 0 Å². The Hall–Kier alpha value is -2.88. The lowest BCUT2D eigenvalue weighted by molar-refractivity contribution is 0.304. The van der Waals surface area contributed by atoms with Gasteiger partial charge in [0, 0.05) is 17.0 Å². The number of aromatic nitrogens is 3. The number of rotatable bonds is 3. The largest absolute Gasteiger partial charge is 0.489 e. The maximum absolute atomic E-state index is 5.99. The molecule has 0 unspecified atom stereocenters. The van der Waals surface area contributed by atoms with Gasteiger partial charge in [0.1, 0.15) is 12.4 Å². The van der Waals surface area contributed by atoms with Crippen LogP contribution in [-0.4, -0.2) is 15.2 Å². The minimum Gasteiger partial charge on any atom is -0.489 e. The minimum atomic E-state index is 0.537. The average molecular weight is 289 g/mol. The molecule has 4 heteroatoms. The van der Waals surface area contributed by atoms with Gasteiger partial charge in [0.25, 0.3) is 0 Å². The second kappa shape index (κ2) is 5.15. The molecule has 0 bridgehead atoms. The molecule has 0 saturated carbocycles. The van der Waals surface area contributed by atoms with Gasteiger partial charge in [-0.2, -0.15) is 5.10 Å². The molecule has 0 atom stereocenters. The number of aromatic amines is 1. The lowest BCUT2D eigenvalue weighted by atomic mass is 10.1. The first-order chi connectivity index (χ1) is 10.8. The van der Waals surface area contributed by atoms with Gasteiger partial charge in [-0.15, -0.1) is 0 Å². The lowest BCUT2D eigenvalue weighted by Crippen LogP contribution is -1.97. The fraction of sp³-hybridized carbons (Fsp3) is 0.111. The Labute approximate surface area is 127 Å². The highest BCUT2D eigenvalue weighted by molar-refractivity contribution is 5.81. The standard InChI is InChI=1S/C18H15N3O/c1-12-7-17-15(10-20-21-17)9-18(12)22-11-13-4-5-16-14(8-13)3-2-6-19-16/h2-10H,11H2,1H3,(H,20,21). The number of fused-ring (bicyclic) bond motifs is 2. The molecule has 2 heterocycles. The van der Waals surface area contributed by atoms with Crippen LogP contribution in [0.5, 0.6) is 5.75 Å². The number of hydrogen-bond acceptors (Lipinski definition) is 3. The summed E-state index contributed by atoms with van der Waals surface area (Å²) in [6.07, 6.45) is 3.62. The van der Waals surface area contributed by atoms with Gasteiger partial charge in [0.05, 0.1) is 17.2 Å². The zero-order valence-corrected chi connectivity index (χ0v) is 12.2. The van der Waals surface area contributed by atoms with Crippen LogP contribution in [0.1, 0.15) is 11.1 Å². The number of ether oxygens (including phenoxy) is 1. The van der Waals surface area contributed by atoms with Crippen molar-refractivity contribution in [2.75, 3.05) is 0 Å². The molecule has 2 aromatic carbocycles. The molecular formula is C18H15N3O. The van der Waals surface area contributed by atoms with Crippen molar-refractivity contribution in [2.24, 2.45) is 0 Å². The summed E-state index contributed by atoms with van der Waals surface area (Å²) >= 11 is 0. The number of benzene rings is 2. The Balaban J connectivity index is 1.60. The van der Waals surface area contributed by atoms with Crippen LogP contribution in [0, 0.1) is 6.92 Å². The van der Waals surface area contributed by atoms with E-state index < -0.39 is 0 Å². The van der Waals surface area contributed by atoms with Gasteiger partial charge in [-0.05, 0) is 48.4 Å². The topological polar surface area (TPSA) is 50.8 Å². The monoisotopic (exact) mass is 289 g/mol. The number of pyridine rings is 1. The molecule has 4 rings (SSSR count). The van der Waals surface area contributed by atoms with E-state index in [9.17, 15) is 0 Å². The number of nitrogens with one attached hydrogen (secondary N) is 1. The van der Waals surface area contributed by atoms with Gasteiger partial charge in [-0.3, -0.25) is 10.1 Å². The Morgan fingerprint density at radius 2 is 2.05 bits per heavy atom. The van der Waals surface area contributed by atoms with E-state index in [1.807, 2.05) is 37.5 Å². The third-order valence-corrected chi connectivity index (χ3v) is 3.80. The molecule has 0 aliphatic heterocycles. The van der Waals surface area contributed by atoms with Gasteiger partial charge in [-0.1, -0.05) is 12.1 Å². The molecule has 0 aliphatic carbocycles. The quantitative estimate of drug-likeness (QED) is 0.620. The first-order valence-corrected chi connectivity index (χ1v) is 7.20. The molecule has 1 N–H and O–H groups in total. The van der Waals surface area contributed by atoms with Crippen molar-refractivity contribution in [3.05, 3.63) is 66.0 Å². The van der Waals surface area contributed by atoms with Crippen LogP contribution in [-0.2, 0) is 6.61 Å². The predicted molar refractivity (Wildman–Crippen MR) is 86.9 cm³/mol. The molecule has 4 nitrogen and oxygen atoms in total. The molecule has 108 valence electrons. The summed E-state index contributed by atoms with van der Waals surface area (Å²) < 4.78 is 5.99. The zero-order valence-electron chi connectivity index (χ0n) is 12.2. The Morgan fingerprint density at radius 1 is 1.09 bits per heavy atom. The van der Waals surface area contributed by atoms with Gasteiger partial charge in [0.15, 0.2) is 0 Å². The fourth-order valence-electron chi connectivity index (χ4n) is 2.61. The molecule has 0 amide bonds. The molecule has 2 aromatic heterocycles. The van der Waals surface area contributed by atoms with Crippen molar-refractivity contribution in [3.8, 4) is 5.75 Å². The molecular weight excluding hydrogens is 274 g/mol. The van der Waals surface area contributed by atoms with E-state index in [4.69, 9.17) is 4.74 Å². The first kappa shape index (κ1) is 12.8. The lowest BCUT2D eigenvalue weighted by Gasteiger charge is -2.10. The van der Waals surface area contributed by atoms with Gasteiger partial charge in [0.2, 0.25) is 0 Å². The van der Waals surface area contributed by atoms with E-state index in [2.05, 4.69) is 39.4 Å². The van der Waals surface area contributed by atoms with Crippen molar-refractivity contribution in [1.82, 2.24) is 15.2 Å². The van der Waals surface area contributed by atoms with Crippen molar-refractivity contribution in [2.45, 2.75) is 13.5 Å². The molecule has 0 saturated heterocycles. The summed E-state index contributed by atoms with van der Waals surface area (Å²) in [4.78, 5) is 4.33. The van der Waals surface area contributed by atoms with Crippen LogP contribution in [0.25, 0.3) is 21.8 Å². The van der Waals surface area contributed by atoms with E-state index in [-0.39, 0.29) is 0 Å². The SMILES string of the molecule is Cc1cc2[nH]ncc2cc1OCc1ccc2ncccc2c1. The second-order valence-electron chi connectivity index (χ2n) is 5.39. The minimum absolute atomic E-state index is 0.537. The van der Waals surface area contributed by atoms with Crippen molar-refractivity contribution >= 4 is 21.8 Å². The molecule has 0 aliphatic rings. The molecule has 22 heavy (non-hydrogen) atoms. The fourth-order valence-corrected chi connectivity index (χ4v) is 2.61. The average Bonchev–Trinajstić information content (AvgIpc) is 2.99. The summed E-state index contributed by atoms with van der Waals surface area (Å²) in [6.45, 7) is 2.58. The maximum atomic E-state index is 5.99. The number of H-pyrrole nitrogens is 1. The number of aryl methyl sites for hydroxylation is 1. The zero-order chi connectivity index (χ0) is 14.9. The molecule has 4 aromatic rings. The highest BCUT2D eigenvalue weighted by Gasteiger charge is 2.05. The number of hydrogen-bond donors (Lipinski definition) is 1. The van der Waals surface area contributed by atoms with Crippen LogP contribution in [0.3, 0.4) is 0 Å². The Morgan fingerprint density at radius 3 is 3.00 bits per heavy atom. The third kappa shape index (κ3) is 2.29. The summed E-state index contributed by atoms with van der Waals surface area (Å²) in [5, 5.41) is 9.21. The highest BCUT2D eigenvalue weighted by atomic mass is 16.5. The van der Waals surface area contributed by atoms with Crippen molar-refractivity contribution in [1.29, 1.82) is 0 Å². The smallest absolute Gasteiger partial charge is 0.123 e. The molecule has 0 spiro atoms.